The Bertz CT molecular complexity index is 255. The van der Waals surface area contributed by atoms with Crippen molar-refractivity contribution in [3.8, 4) is 0 Å². The van der Waals surface area contributed by atoms with Crippen molar-refractivity contribution in [1.82, 2.24) is 0 Å². The standard InChI is InChI=1S/C11H18O4/c1-3-4-5-6-7-9(11(14)15)8(2)10(12)13/h7-8H,3-6H2,1-2H3,(H,12,13)(H,14,15)/b9-7-. The van der Waals surface area contributed by atoms with Crippen molar-refractivity contribution < 1.29 is 19.8 Å². The molecule has 0 saturated heterocycles. The minimum atomic E-state index is -1.14. The first-order valence-corrected chi connectivity index (χ1v) is 5.16. The highest BCUT2D eigenvalue weighted by atomic mass is 16.4. The molecule has 0 spiro atoms. The number of allylic oxidation sites excluding steroid dienone is 1. The zero-order chi connectivity index (χ0) is 11.8. The van der Waals surface area contributed by atoms with Gasteiger partial charge >= 0.3 is 11.9 Å². The number of unbranched alkanes of at least 4 members (excludes halogenated alkanes) is 3. The summed E-state index contributed by atoms with van der Waals surface area (Å²) in [4.78, 5) is 21.4. The minimum absolute atomic E-state index is 0.0152. The number of hydrogen-bond donors (Lipinski definition) is 2. The third-order valence-corrected chi connectivity index (χ3v) is 2.26. The van der Waals surface area contributed by atoms with Gasteiger partial charge in [-0.3, -0.25) is 4.79 Å². The van der Waals surface area contributed by atoms with E-state index in [2.05, 4.69) is 6.92 Å². The molecule has 0 bridgehead atoms. The molecular weight excluding hydrogens is 196 g/mol. The number of carbonyl (C=O) groups is 2. The molecule has 0 aliphatic rings. The quantitative estimate of drug-likeness (QED) is 0.503. The van der Waals surface area contributed by atoms with Crippen LogP contribution in [-0.4, -0.2) is 22.2 Å². The zero-order valence-corrected chi connectivity index (χ0v) is 9.19. The Morgan fingerprint density at radius 1 is 1.27 bits per heavy atom. The highest BCUT2D eigenvalue weighted by Crippen LogP contribution is 2.13. The molecule has 0 heterocycles. The Balaban J connectivity index is 4.38. The minimum Gasteiger partial charge on any atom is -0.481 e. The summed E-state index contributed by atoms with van der Waals surface area (Å²) in [6.45, 7) is 3.45. The lowest BCUT2D eigenvalue weighted by Gasteiger charge is -2.07. The van der Waals surface area contributed by atoms with Crippen molar-refractivity contribution in [2.45, 2.75) is 39.5 Å². The topological polar surface area (TPSA) is 74.6 Å². The molecule has 2 N–H and O–H groups in total. The van der Waals surface area contributed by atoms with Crippen LogP contribution in [0.15, 0.2) is 11.6 Å². The Labute approximate surface area is 89.6 Å². The van der Waals surface area contributed by atoms with Crippen LogP contribution in [0.5, 0.6) is 0 Å². The highest BCUT2D eigenvalue weighted by Gasteiger charge is 2.21. The van der Waals surface area contributed by atoms with Crippen LogP contribution in [0.2, 0.25) is 0 Å². The maximum Gasteiger partial charge on any atom is 0.332 e. The maximum atomic E-state index is 10.8. The van der Waals surface area contributed by atoms with E-state index in [1.54, 1.807) is 0 Å². The van der Waals surface area contributed by atoms with Gasteiger partial charge in [-0.25, -0.2) is 4.79 Å². The SMILES string of the molecule is CCCCC/C=C(\C(=O)O)C(C)C(=O)O. The number of hydrogen-bond acceptors (Lipinski definition) is 2. The number of rotatable bonds is 7. The first-order valence-electron chi connectivity index (χ1n) is 5.16. The van der Waals surface area contributed by atoms with Crippen LogP contribution in [-0.2, 0) is 9.59 Å². The second-order valence-corrected chi connectivity index (χ2v) is 3.52. The predicted molar refractivity (Wildman–Crippen MR) is 56.7 cm³/mol. The van der Waals surface area contributed by atoms with Crippen LogP contribution in [0.4, 0.5) is 0 Å². The van der Waals surface area contributed by atoms with Crippen LogP contribution in [0.1, 0.15) is 39.5 Å². The van der Waals surface area contributed by atoms with Crippen LogP contribution in [0, 0.1) is 5.92 Å². The Morgan fingerprint density at radius 3 is 2.27 bits per heavy atom. The third kappa shape index (κ3) is 5.20. The molecule has 0 aliphatic carbocycles. The maximum absolute atomic E-state index is 10.8. The summed E-state index contributed by atoms with van der Waals surface area (Å²) >= 11 is 0. The van der Waals surface area contributed by atoms with Gasteiger partial charge < -0.3 is 10.2 Å². The summed E-state index contributed by atoms with van der Waals surface area (Å²) in [6, 6.07) is 0. The Kier molecular flexibility index (Phi) is 6.42. The molecule has 0 rings (SSSR count). The fourth-order valence-corrected chi connectivity index (χ4v) is 1.23. The lowest BCUT2D eigenvalue weighted by molar-refractivity contribution is -0.143. The van der Waals surface area contributed by atoms with Gasteiger partial charge in [0.15, 0.2) is 0 Å². The molecule has 0 aliphatic heterocycles. The highest BCUT2D eigenvalue weighted by molar-refractivity contribution is 5.93. The van der Waals surface area contributed by atoms with Gasteiger partial charge in [0.1, 0.15) is 0 Å². The Hall–Kier alpha value is -1.32. The summed E-state index contributed by atoms with van der Waals surface area (Å²) in [5, 5.41) is 17.5. The van der Waals surface area contributed by atoms with Gasteiger partial charge in [-0.1, -0.05) is 25.8 Å². The fourth-order valence-electron chi connectivity index (χ4n) is 1.23. The van der Waals surface area contributed by atoms with E-state index in [0.29, 0.717) is 6.42 Å². The van der Waals surface area contributed by atoms with Crippen molar-refractivity contribution in [3.05, 3.63) is 11.6 Å². The van der Waals surface area contributed by atoms with Crippen molar-refractivity contribution in [1.29, 1.82) is 0 Å². The molecule has 15 heavy (non-hydrogen) atoms. The molecule has 1 unspecified atom stereocenters. The van der Waals surface area contributed by atoms with E-state index < -0.39 is 17.9 Å². The van der Waals surface area contributed by atoms with Gasteiger partial charge in [0.2, 0.25) is 0 Å². The molecular formula is C11H18O4. The molecule has 4 heteroatoms. The fraction of sp³-hybridized carbons (Fsp3) is 0.636. The lowest BCUT2D eigenvalue weighted by atomic mass is 9.99. The second kappa shape index (κ2) is 7.04. The molecule has 0 amide bonds. The molecule has 0 aromatic rings. The zero-order valence-electron chi connectivity index (χ0n) is 9.19. The Morgan fingerprint density at radius 2 is 1.87 bits per heavy atom. The molecule has 4 nitrogen and oxygen atoms in total. The van der Waals surface area contributed by atoms with Crippen LogP contribution >= 0.6 is 0 Å². The normalized spacial score (nSPS) is 13.6. The second-order valence-electron chi connectivity index (χ2n) is 3.52. The predicted octanol–water partition coefficient (Wildman–Crippen LogP) is 2.30. The average molecular weight is 214 g/mol. The molecule has 0 saturated carbocycles. The molecule has 0 aromatic carbocycles. The van der Waals surface area contributed by atoms with Crippen molar-refractivity contribution in [2.24, 2.45) is 5.92 Å². The third-order valence-electron chi connectivity index (χ3n) is 2.26. The van der Waals surface area contributed by atoms with Gasteiger partial charge in [-0.15, -0.1) is 0 Å². The van der Waals surface area contributed by atoms with Gasteiger partial charge in [0.25, 0.3) is 0 Å². The van der Waals surface area contributed by atoms with E-state index >= 15 is 0 Å². The summed E-state index contributed by atoms with van der Waals surface area (Å²) in [7, 11) is 0. The van der Waals surface area contributed by atoms with Gasteiger partial charge in [0, 0.05) is 5.57 Å². The smallest absolute Gasteiger partial charge is 0.332 e. The number of aliphatic carboxylic acids is 2. The van der Waals surface area contributed by atoms with Crippen molar-refractivity contribution in [3.63, 3.8) is 0 Å². The first-order chi connectivity index (χ1) is 7.00. The van der Waals surface area contributed by atoms with Gasteiger partial charge in [-0.05, 0) is 19.8 Å². The molecule has 0 aromatic heterocycles. The number of carboxylic acids is 2. The van der Waals surface area contributed by atoms with Gasteiger partial charge in [-0.2, -0.15) is 0 Å². The van der Waals surface area contributed by atoms with E-state index in [0.717, 1.165) is 19.3 Å². The van der Waals surface area contributed by atoms with E-state index in [1.165, 1.54) is 13.0 Å². The van der Waals surface area contributed by atoms with Crippen molar-refractivity contribution in [2.75, 3.05) is 0 Å². The van der Waals surface area contributed by atoms with E-state index in [4.69, 9.17) is 10.2 Å². The van der Waals surface area contributed by atoms with E-state index in [-0.39, 0.29) is 5.57 Å². The van der Waals surface area contributed by atoms with Crippen LogP contribution in [0.3, 0.4) is 0 Å². The molecule has 0 fully saturated rings. The van der Waals surface area contributed by atoms with Crippen LogP contribution in [0.25, 0.3) is 0 Å². The summed E-state index contributed by atoms with van der Waals surface area (Å²) in [6.07, 6.45) is 5.15. The lowest BCUT2D eigenvalue weighted by Crippen LogP contribution is -2.18. The summed E-state index contributed by atoms with van der Waals surface area (Å²) in [5.41, 5.74) is -0.0152. The summed E-state index contributed by atoms with van der Waals surface area (Å²) in [5.74, 6) is -3.18. The average Bonchev–Trinajstić information content (AvgIpc) is 2.16. The van der Waals surface area contributed by atoms with Crippen LogP contribution < -0.4 is 0 Å². The first kappa shape index (κ1) is 13.7. The van der Waals surface area contributed by atoms with E-state index in [9.17, 15) is 9.59 Å². The molecule has 0 radical (unpaired) electrons. The monoisotopic (exact) mass is 214 g/mol. The number of carboxylic acid groups (broad SMARTS) is 2. The molecule has 1 atom stereocenters. The summed E-state index contributed by atoms with van der Waals surface area (Å²) < 4.78 is 0. The van der Waals surface area contributed by atoms with E-state index in [1.807, 2.05) is 0 Å². The van der Waals surface area contributed by atoms with Crippen molar-refractivity contribution >= 4 is 11.9 Å². The largest absolute Gasteiger partial charge is 0.481 e. The van der Waals surface area contributed by atoms with Gasteiger partial charge in [0.05, 0.1) is 5.92 Å². The molecule has 86 valence electrons.